The van der Waals surface area contributed by atoms with Crippen LogP contribution in [0.25, 0.3) is 0 Å². The molecule has 0 bridgehead atoms. The van der Waals surface area contributed by atoms with Crippen LogP contribution in [0.2, 0.25) is 0 Å². The fourth-order valence-electron chi connectivity index (χ4n) is 2.55. The zero-order valence-corrected chi connectivity index (χ0v) is 14.3. The molecule has 0 N–H and O–H groups in total. The van der Waals surface area contributed by atoms with Crippen molar-refractivity contribution in [3.05, 3.63) is 29.3 Å². The molecule has 1 aliphatic carbocycles. The molecule has 0 amide bonds. The summed E-state index contributed by atoms with van der Waals surface area (Å²) in [5.41, 5.74) is 4.36. The van der Waals surface area contributed by atoms with Crippen LogP contribution in [0.1, 0.15) is 29.6 Å². The van der Waals surface area contributed by atoms with Crippen LogP contribution in [0.3, 0.4) is 0 Å². The minimum atomic E-state index is -0.149. The molecule has 0 fully saturated rings. The summed E-state index contributed by atoms with van der Waals surface area (Å²) in [5.74, 6) is 0. The molecular formula is C12H19CuGeP+. The van der Waals surface area contributed by atoms with Crippen LogP contribution < -0.4 is 4.40 Å². The number of hydrogen-bond acceptors (Lipinski definition) is 0. The SMILES string of the molecule is C[PH+](C)C1CCCc2ccc[c]([GeH2])c21.[Cu]. The first-order chi connectivity index (χ1) is 6.70. The summed E-state index contributed by atoms with van der Waals surface area (Å²) in [6.45, 7) is 4.94. The van der Waals surface area contributed by atoms with E-state index in [0.717, 1.165) is 5.66 Å². The molecule has 0 heterocycles. The number of fused-ring (bicyclic) bond motifs is 1. The first-order valence-corrected chi connectivity index (χ1v) is 9.50. The van der Waals surface area contributed by atoms with E-state index in [4.69, 9.17) is 0 Å². The monoisotopic (exact) mass is 331 g/mol. The molecule has 86 valence electrons. The summed E-state index contributed by atoms with van der Waals surface area (Å²) < 4.78 is 1.65. The van der Waals surface area contributed by atoms with E-state index in [1.807, 2.05) is 0 Å². The maximum absolute atomic E-state index is 2.47. The van der Waals surface area contributed by atoms with E-state index in [1.54, 1.807) is 15.5 Å². The predicted molar refractivity (Wildman–Crippen MR) is 70.5 cm³/mol. The summed E-state index contributed by atoms with van der Waals surface area (Å²) in [4.78, 5) is 0. The molecule has 3 heteroatoms. The molecule has 15 heavy (non-hydrogen) atoms. The Morgan fingerprint density at radius 2 is 2.07 bits per heavy atom. The van der Waals surface area contributed by atoms with Crippen molar-refractivity contribution in [1.29, 1.82) is 0 Å². The zero-order valence-electron chi connectivity index (χ0n) is 9.44. The number of rotatable bonds is 1. The molecule has 0 nitrogen and oxygen atoms in total. The maximum atomic E-state index is 2.47. The second kappa shape index (κ2) is 5.87. The van der Waals surface area contributed by atoms with Crippen LogP contribution in [0, 0.1) is 0 Å². The quantitative estimate of drug-likeness (QED) is 0.544. The van der Waals surface area contributed by atoms with Crippen molar-refractivity contribution >= 4 is 28.8 Å². The van der Waals surface area contributed by atoms with Crippen LogP contribution in [0.15, 0.2) is 18.2 Å². The Labute approximate surface area is 113 Å². The molecule has 1 unspecified atom stereocenters. The van der Waals surface area contributed by atoms with Crippen LogP contribution in [-0.2, 0) is 23.5 Å². The smallest absolute Gasteiger partial charge is 0 e. The average molecular weight is 330 g/mol. The number of hydrogen-bond donors (Lipinski definition) is 0. The van der Waals surface area contributed by atoms with Gasteiger partial charge in [0.2, 0.25) is 0 Å². The van der Waals surface area contributed by atoms with Crippen molar-refractivity contribution < 1.29 is 17.1 Å². The minimum absolute atomic E-state index is 0. The van der Waals surface area contributed by atoms with Crippen LogP contribution in [-0.4, -0.2) is 29.8 Å². The molecular weight excluding hydrogens is 311 g/mol. The zero-order chi connectivity index (χ0) is 10.1. The van der Waals surface area contributed by atoms with Gasteiger partial charge in [-0.3, -0.25) is 0 Å². The molecule has 0 aromatic heterocycles. The Bertz CT molecular complexity index is 338. The van der Waals surface area contributed by atoms with Crippen LogP contribution >= 0.6 is 7.92 Å². The predicted octanol–water partition coefficient (Wildman–Crippen LogP) is 1.79. The maximum Gasteiger partial charge on any atom is 0 e. The van der Waals surface area contributed by atoms with Crippen molar-refractivity contribution in [2.24, 2.45) is 0 Å². The Hall–Kier alpha value is 0.712. The molecule has 0 saturated heterocycles. The van der Waals surface area contributed by atoms with Gasteiger partial charge in [0, 0.05) is 17.1 Å². The van der Waals surface area contributed by atoms with E-state index < -0.39 is 0 Å². The van der Waals surface area contributed by atoms with Gasteiger partial charge in [-0.15, -0.1) is 0 Å². The van der Waals surface area contributed by atoms with Gasteiger partial charge < -0.3 is 0 Å². The van der Waals surface area contributed by atoms with E-state index in [-0.39, 0.29) is 25.0 Å². The van der Waals surface area contributed by atoms with Gasteiger partial charge in [-0.1, -0.05) is 0 Å². The summed E-state index contributed by atoms with van der Waals surface area (Å²) in [7, 11) is -0.149. The molecule has 1 aliphatic rings. The van der Waals surface area contributed by atoms with Crippen molar-refractivity contribution in [3.63, 3.8) is 0 Å². The van der Waals surface area contributed by atoms with Crippen molar-refractivity contribution in [1.82, 2.24) is 0 Å². The molecule has 0 saturated carbocycles. The largest absolute Gasteiger partial charge is 0 e. The average Bonchev–Trinajstić information content (AvgIpc) is 2.17. The topological polar surface area (TPSA) is 0 Å². The molecule has 1 atom stereocenters. The summed E-state index contributed by atoms with van der Waals surface area (Å²) in [6, 6.07) is 6.94. The molecule has 0 aliphatic heterocycles. The van der Waals surface area contributed by atoms with Gasteiger partial charge >= 0.3 is 96.4 Å². The van der Waals surface area contributed by atoms with E-state index >= 15 is 0 Å². The molecule has 1 aromatic rings. The molecule has 1 aromatic carbocycles. The van der Waals surface area contributed by atoms with Gasteiger partial charge in [-0.2, -0.15) is 0 Å². The standard InChI is InChI=1S/C12H18GeP.Cu/c1-14(2)11-8-4-6-9-5-3-7-10(13)12(9)11;/h3,5,7,11H,4,6,8,13H2,1-2H3;/p+1. The van der Waals surface area contributed by atoms with Gasteiger partial charge in [0.15, 0.2) is 0 Å². The fourth-order valence-corrected chi connectivity index (χ4v) is 5.99. The van der Waals surface area contributed by atoms with Crippen LogP contribution in [0.4, 0.5) is 0 Å². The summed E-state index contributed by atoms with van der Waals surface area (Å²) in [6.07, 6.45) is 4.19. The molecule has 2 radical (unpaired) electrons. The summed E-state index contributed by atoms with van der Waals surface area (Å²) >= 11 is 1.33. The normalized spacial score (nSPS) is 19.6. The Kier molecular flexibility index (Phi) is 5.39. The second-order valence-corrected chi connectivity index (χ2v) is 8.96. The van der Waals surface area contributed by atoms with Crippen molar-refractivity contribution in [2.45, 2.75) is 24.9 Å². The molecule has 2 rings (SSSR count). The first-order valence-electron chi connectivity index (χ1n) is 5.44. The Morgan fingerprint density at radius 1 is 1.33 bits per heavy atom. The third-order valence-electron chi connectivity index (χ3n) is 3.27. The van der Waals surface area contributed by atoms with Crippen LogP contribution in [0.5, 0.6) is 0 Å². The Balaban J connectivity index is 0.00000112. The van der Waals surface area contributed by atoms with Gasteiger partial charge in [0.05, 0.1) is 0 Å². The minimum Gasteiger partial charge on any atom is 0 e. The number of benzene rings is 1. The van der Waals surface area contributed by atoms with Gasteiger partial charge in [0.25, 0.3) is 0 Å². The van der Waals surface area contributed by atoms with Crippen molar-refractivity contribution in [2.75, 3.05) is 13.3 Å². The van der Waals surface area contributed by atoms with Crippen molar-refractivity contribution in [3.8, 4) is 0 Å². The van der Waals surface area contributed by atoms with E-state index in [1.165, 1.54) is 35.8 Å². The van der Waals surface area contributed by atoms with Gasteiger partial charge in [0.1, 0.15) is 0 Å². The first kappa shape index (κ1) is 13.8. The van der Waals surface area contributed by atoms with Gasteiger partial charge in [-0.25, -0.2) is 0 Å². The number of aryl methyl sites for hydroxylation is 1. The third kappa shape index (κ3) is 2.88. The van der Waals surface area contributed by atoms with Gasteiger partial charge in [-0.05, 0) is 0 Å². The second-order valence-electron chi connectivity index (χ2n) is 4.51. The fraction of sp³-hybridized carbons (Fsp3) is 0.500. The Morgan fingerprint density at radius 3 is 2.73 bits per heavy atom. The summed E-state index contributed by atoms with van der Waals surface area (Å²) in [5, 5.41) is 0. The molecule has 0 spiro atoms. The third-order valence-corrected chi connectivity index (χ3v) is 6.54. The van der Waals surface area contributed by atoms with E-state index in [9.17, 15) is 0 Å². The van der Waals surface area contributed by atoms with E-state index in [2.05, 4.69) is 31.5 Å². The van der Waals surface area contributed by atoms with E-state index in [0.29, 0.717) is 0 Å².